The molecule has 1 aliphatic rings. The molecule has 3 heterocycles. The summed E-state index contributed by atoms with van der Waals surface area (Å²) in [6.07, 6.45) is 8.06. The van der Waals surface area contributed by atoms with Crippen LogP contribution in [-0.4, -0.2) is 51.6 Å². The van der Waals surface area contributed by atoms with Crippen molar-refractivity contribution in [2.45, 2.75) is 13.0 Å². The van der Waals surface area contributed by atoms with Gasteiger partial charge in [0.05, 0.1) is 19.5 Å². The van der Waals surface area contributed by atoms with Gasteiger partial charge in [-0.05, 0) is 35.6 Å². The zero-order valence-corrected chi connectivity index (χ0v) is 14.1. The topological polar surface area (TPSA) is 63.1 Å². The molecular formula is C19H22N4O2. The number of H-pyrrole nitrogens is 1. The van der Waals surface area contributed by atoms with Gasteiger partial charge in [0.15, 0.2) is 0 Å². The molecule has 1 N–H and O–H groups in total. The van der Waals surface area contributed by atoms with Gasteiger partial charge in [-0.1, -0.05) is 6.07 Å². The number of amides is 1. The van der Waals surface area contributed by atoms with Crippen LogP contribution in [0.4, 0.5) is 0 Å². The summed E-state index contributed by atoms with van der Waals surface area (Å²) in [6.45, 7) is 3.02. The maximum absolute atomic E-state index is 12.6. The van der Waals surface area contributed by atoms with Crippen molar-refractivity contribution >= 4 is 16.8 Å². The fraction of sp³-hybridized carbons (Fsp3) is 0.368. The van der Waals surface area contributed by atoms with Crippen molar-refractivity contribution in [1.82, 2.24) is 19.4 Å². The largest absolute Gasteiger partial charge is 0.379 e. The van der Waals surface area contributed by atoms with E-state index in [4.69, 9.17) is 4.74 Å². The predicted molar refractivity (Wildman–Crippen MR) is 95.1 cm³/mol. The van der Waals surface area contributed by atoms with Gasteiger partial charge in [-0.3, -0.25) is 4.79 Å². The van der Waals surface area contributed by atoms with E-state index in [1.807, 2.05) is 21.9 Å². The van der Waals surface area contributed by atoms with Gasteiger partial charge in [-0.15, -0.1) is 0 Å². The Labute approximate surface area is 146 Å². The molecule has 2 aromatic heterocycles. The van der Waals surface area contributed by atoms with Gasteiger partial charge in [-0.2, -0.15) is 0 Å². The number of rotatable bonds is 4. The highest BCUT2D eigenvalue weighted by atomic mass is 16.5. The average molecular weight is 338 g/mol. The van der Waals surface area contributed by atoms with Crippen molar-refractivity contribution in [3.63, 3.8) is 0 Å². The summed E-state index contributed by atoms with van der Waals surface area (Å²) in [5.74, 6) is 0.431. The molecule has 1 saturated heterocycles. The Balaban J connectivity index is 1.43. The molecule has 1 aromatic carbocycles. The Kier molecular flexibility index (Phi) is 4.52. The zero-order valence-electron chi connectivity index (χ0n) is 14.1. The summed E-state index contributed by atoms with van der Waals surface area (Å²) >= 11 is 0. The van der Waals surface area contributed by atoms with Crippen LogP contribution < -0.4 is 0 Å². The number of aromatic amines is 1. The van der Waals surface area contributed by atoms with Gasteiger partial charge in [0.25, 0.3) is 0 Å². The van der Waals surface area contributed by atoms with Crippen LogP contribution in [0.1, 0.15) is 5.56 Å². The maximum atomic E-state index is 12.6. The molecule has 1 aliphatic heterocycles. The third-order valence-electron chi connectivity index (χ3n) is 4.71. The van der Waals surface area contributed by atoms with Crippen LogP contribution >= 0.6 is 0 Å². The third-order valence-corrected chi connectivity index (χ3v) is 4.71. The minimum Gasteiger partial charge on any atom is -0.379 e. The second-order valence-corrected chi connectivity index (χ2v) is 6.62. The lowest BCUT2D eigenvalue weighted by Crippen LogP contribution is -2.38. The van der Waals surface area contributed by atoms with E-state index < -0.39 is 0 Å². The van der Waals surface area contributed by atoms with Crippen molar-refractivity contribution < 1.29 is 9.53 Å². The summed E-state index contributed by atoms with van der Waals surface area (Å²) in [5.41, 5.74) is 2.43. The maximum Gasteiger partial charge on any atom is 0.242 e. The Morgan fingerprint density at radius 2 is 2.32 bits per heavy atom. The lowest BCUT2D eigenvalue weighted by Gasteiger charge is -2.24. The summed E-state index contributed by atoms with van der Waals surface area (Å²) in [4.78, 5) is 21.7. The van der Waals surface area contributed by atoms with E-state index in [0.29, 0.717) is 32.2 Å². The number of ether oxygens (including phenoxy) is 1. The molecule has 0 saturated carbocycles. The number of carbonyl (C=O) groups excluding carboxylic acids is 1. The molecule has 3 aromatic rings. The standard InChI is InChI=1S/C19H22N4O2/c24-19(12-22-6-5-20-14-22)23-7-8-25-13-16(11-23)9-15-1-2-18-17(10-15)3-4-21-18/h1-6,10,14,16,21H,7-9,11-13H2/t16-/m1/s1. The fourth-order valence-corrected chi connectivity index (χ4v) is 3.43. The third kappa shape index (κ3) is 3.74. The number of carbonyl (C=O) groups is 1. The summed E-state index contributed by atoms with van der Waals surface area (Å²) in [6, 6.07) is 8.57. The average Bonchev–Trinajstić information content (AvgIpc) is 3.23. The molecule has 6 heteroatoms. The van der Waals surface area contributed by atoms with E-state index in [9.17, 15) is 4.79 Å². The van der Waals surface area contributed by atoms with E-state index in [1.54, 1.807) is 12.5 Å². The fourth-order valence-electron chi connectivity index (χ4n) is 3.43. The van der Waals surface area contributed by atoms with E-state index in [2.05, 4.69) is 34.2 Å². The molecule has 0 unspecified atom stereocenters. The van der Waals surface area contributed by atoms with Crippen LogP contribution in [0.25, 0.3) is 10.9 Å². The van der Waals surface area contributed by atoms with Crippen LogP contribution in [0.5, 0.6) is 0 Å². The summed E-state index contributed by atoms with van der Waals surface area (Å²) in [7, 11) is 0. The van der Waals surface area contributed by atoms with E-state index in [0.717, 1.165) is 18.5 Å². The molecule has 25 heavy (non-hydrogen) atoms. The highest BCUT2D eigenvalue weighted by molar-refractivity contribution is 5.80. The minimum absolute atomic E-state index is 0.120. The van der Waals surface area contributed by atoms with Crippen LogP contribution in [0.2, 0.25) is 0 Å². The molecule has 0 spiro atoms. The number of fused-ring (bicyclic) bond motifs is 1. The first-order valence-electron chi connectivity index (χ1n) is 8.65. The van der Waals surface area contributed by atoms with E-state index in [-0.39, 0.29) is 5.91 Å². The lowest BCUT2D eigenvalue weighted by molar-refractivity contribution is -0.132. The minimum atomic E-state index is 0.120. The lowest BCUT2D eigenvalue weighted by atomic mass is 9.98. The van der Waals surface area contributed by atoms with Crippen molar-refractivity contribution in [2.24, 2.45) is 5.92 Å². The van der Waals surface area contributed by atoms with Gasteiger partial charge in [-0.25, -0.2) is 4.98 Å². The second kappa shape index (κ2) is 7.11. The van der Waals surface area contributed by atoms with Crippen LogP contribution in [0.15, 0.2) is 49.2 Å². The molecular weight excluding hydrogens is 316 g/mol. The Bertz CT molecular complexity index is 840. The molecule has 1 amide bonds. The molecule has 0 radical (unpaired) electrons. The molecule has 1 atom stereocenters. The van der Waals surface area contributed by atoms with Gasteiger partial charge in [0, 0.05) is 43.1 Å². The van der Waals surface area contributed by atoms with Gasteiger partial charge >= 0.3 is 0 Å². The number of nitrogens with zero attached hydrogens (tertiary/aromatic N) is 3. The monoisotopic (exact) mass is 338 g/mol. The van der Waals surface area contributed by atoms with Crippen LogP contribution in [0, 0.1) is 5.92 Å². The Morgan fingerprint density at radius 3 is 3.20 bits per heavy atom. The number of hydrogen-bond acceptors (Lipinski definition) is 3. The first-order chi connectivity index (χ1) is 12.3. The molecule has 1 fully saturated rings. The zero-order chi connectivity index (χ0) is 17.1. The van der Waals surface area contributed by atoms with Crippen molar-refractivity contribution in [3.05, 3.63) is 54.7 Å². The molecule has 0 aliphatic carbocycles. The van der Waals surface area contributed by atoms with Crippen molar-refractivity contribution in [3.8, 4) is 0 Å². The normalized spacial score (nSPS) is 18.4. The Morgan fingerprint density at radius 1 is 1.36 bits per heavy atom. The molecule has 0 bridgehead atoms. The number of aromatic nitrogens is 3. The van der Waals surface area contributed by atoms with Crippen LogP contribution in [-0.2, 0) is 22.5 Å². The molecule has 4 rings (SSSR count). The first kappa shape index (κ1) is 15.9. The van der Waals surface area contributed by atoms with E-state index in [1.165, 1.54) is 10.9 Å². The predicted octanol–water partition coefficient (Wildman–Crippen LogP) is 2.08. The first-order valence-corrected chi connectivity index (χ1v) is 8.65. The Hall–Kier alpha value is -2.60. The van der Waals surface area contributed by atoms with Crippen LogP contribution in [0.3, 0.4) is 0 Å². The summed E-state index contributed by atoms with van der Waals surface area (Å²) in [5, 5.41) is 1.22. The quantitative estimate of drug-likeness (QED) is 0.792. The van der Waals surface area contributed by atoms with Crippen molar-refractivity contribution in [1.29, 1.82) is 0 Å². The van der Waals surface area contributed by atoms with Crippen molar-refractivity contribution in [2.75, 3.05) is 26.3 Å². The summed E-state index contributed by atoms with van der Waals surface area (Å²) < 4.78 is 7.56. The SMILES string of the molecule is O=C(Cn1ccnc1)N1CCOC[C@H](Cc2ccc3[nH]ccc3c2)C1. The van der Waals surface area contributed by atoms with Gasteiger partial charge in [0.2, 0.25) is 5.91 Å². The van der Waals surface area contributed by atoms with E-state index >= 15 is 0 Å². The van der Waals surface area contributed by atoms with Gasteiger partial charge < -0.3 is 19.2 Å². The highest BCUT2D eigenvalue weighted by Crippen LogP contribution is 2.19. The number of benzene rings is 1. The van der Waals surface area contributed by atoms with Gasteiger partial charge in [0.1, 0.15) is 6.54 Å². The number of nitrogens with one attached hydrogen (secondary N) is 1. The second-order valence-electron chi connectivity index (χ2n) is 6.62. The number of imidazole rings is 1. The highest BCUT2D eigenvalue weighted by Gasteiger charge is 2.23. The number of hydrogen-bond donors (Lipinski definition) is 1. The molecule has 130 valence electrons. The molecule has 6 nitrogen and oxygen atoms in total. The smallest absolute Gasteiger partial charge is 0.242 e.